The molecule has 0 radical (unpaired) electrons. The molecule has 3 nitrogen and oxygen atoms in total. The quantitative estimate of drug-likeness (QED) is 0.477. The van der Waals surface area contributed by atoms with E-state index in [0.717, 1.165) is 19.3 Å². The lowest BCUT2D eigenvalue weighted by atomic mass is 10.1. The van der Waals surface area contributed by atoms with Crippen LogP contribution in [-0.2, 0) is 11.0 Å². The highest BCUT2D eigenvalue weighted by Gasteiger charge is 2.33. The standard InChI is InChI=1S/C18H19ClO3P/c1-22-16-12-7-11-15(19)17(16)18(20)23(21)13-6-5-10-14-8-3-2-4-9-14/h2-4,7-9,11-12H,5-6,10,13H2,1H3/q+1. The fraction of sp³-hybridized carbons (Fsp3) is 0.278. The van der Waals surface area contributed by atoms with Crippen molar-refractivity contribution < 1.29 is 14.1 Å². The van der Waals surface area contributed by atoms with E-state index in [9.17, 15) is 9.36 Å². The van der Waals surface area contributed by atoms with Gasteiger partial charge in [0.05, 0.1) is 12.1 Å². The number of unbranched alkanes of at least 4 members (excludes halogenated alkanes) is 1. The van der Waals surface area contributed by atoms with Crippen molar-refractivity contribution in [1.29, 1.82) is 0 Å². The summed E-state index contributed by atoms with van der Waals surface area (Å²) in [6.45, 7) is 0. The van der Waals surface area contributed by atoms with E-state index < -0.39 is 13.3 Å². The van der Waals surface area contributed by atoms with Crippen molar-refractivity contribution in [2.45, 2.75) is 19.3 Å². The van der Waals surface area contributed by atoms with E-state index in [4.69, 9.17) is 16.3 Å². The third kappa shape index (κ3) is 4.89. The summed E-state index contributed by atoms with van der Waals surface area (Å²) in [7, 11) is -0.522. The van der Waals surface area contributed by atoms with E-state index >= 15 is 0 Å². The smallest absolute Gasteiger partial charge is 0.420 e. The molecule has 5 heteroatoms. The number of ether oxygens (including phenoxy) is 1. The van der Waals surface area contributed by atoms with Crippen molar-refractivity contribution in [2.24, 2.45) is 0 Å². The maximum atomic E-state index is 12.4. The van der Waals surface area contributed by atoms with Crippen LogP contribution in [0.4, 0.5) is 0 Å². The van der Waals surface area contributed by atoms with Gasteiger partial charge in [0.2, 0.25) is 0 Å². The highest BCUT2D eigenvalue weighted by atomic mass is 35.5. The minimum Gasteiger partial charge on any atom is -0.496 e. The molecule has 1 unspecified atom stereocenters. The highest BCUT2D eigenvalue weighted by molar-refractivity contribution is 7.64. The summed E-state index contributed by atoms with van der Waals surface area (Å²) in [5.41, 5.74) is 1.05. The van der Waals surface area contributed by atoms with Crippen molar-refractivity contribution in [1.82, 2.24) is 0 Å². The maximum Gasteiger partial charge on any atom is 0.420 e. The van der Waals surface area contributed by atoms with Gasteiger partial charge in [0.15, 0.2) is 6.16 Å². The molecule has 0 heterocycles. The molecule has 2 aromatic carbocycles. The van der Waals surface area contributed by atoms with Crippen LogP contribution < -0.4 is 4.74 Å². The second-order valence-electron chi connectivity index (χ2n) is 5.17. The van der Waals surface area contributed by atoms with Crippen LogP contribution in [-0.4, -0.2) is 18.8 Å². The number of carbonyl (C=O) groups excluding carboxylic acids is 1. The molecule has 1 atom stereocenters. The first kappa shape index (κ1) is 17.7. The van der Waals surface area contributed by atoms with Gasteiger partial charge in [0, 0.05) is 0 Å². The Labute approximate surface area is 142 Å². The molecular weight excluding hydrogens is 331 g/mol. The number of methoxy groups -OCH3 is 1. The van der Waals surface area contributed by atoms with Gasteiger partial charge < -0.3 is 4.74 Å². The molecule has 0 aromatic heterocycles. The average Bonchev–Trinajstić information content (AvgIpc) is 2.58. The molecule has 0 fully saturated rings. The van der Waals surface area contributed by atoms with Gasteiger partial charge in [0.1, 0.15) is 11.3 Å². The van der Waals surface area contributed by atoms with Crippen LogP contribution in [0.3, 0.4) is 0 Å². The fourth-order valence-electron chi connectivity index (χ4n) is 2.34. The van der Waals surface area contributed by atoms with Gasteiger partial charge in [-0.25, -0.2) is 4.79 Å². The molecule has 2 rings (SSSR count). The van der Waals surface area contributed by atoms with Crippen molar-refractivity contribution in [2.75, 3.05) is 13.3 Å². The van der Waals surface area contributed by atoms with Crippen molar-refractivity contribution in [3.63, 3.8) is 0 Å². The Bertz CT molecular complexity index is 686. The fourth-order valence-corrected chi connectivity index (χ4v) is 3.85. The summed E-state index contributed by atoms with van der Waals surface area (Å²) in [4.78, 5) is 12.4. The molecular formula is C18H19ClO3P+. The highest BCUT2D eigenvalue weighted by Crippen LogP contribution is 2.36. The summed E-state index contributed by atoms with van der Waals surface area (Å²) < 4.78 is 17.4. The summed E-state index contributed by atoms with van der Waals surface area (Å²) in [6.07, 6.45) is 2.93. The third-order valence-electron chi connectivity index (χ3n) is 3.56. The van der Waals surface area contributed by atoms with Crippen LogP contribution in [0.2, 0.25) is 5.02 Å². The zero-order valence-electron chi connectivity index (χ0n) is 13.0. The number of hydrogen-bond acceptors (Lipinski definition) is 3. The second-order valence-corrected chi connectivity index (χ2v) is 7.18. The molecule has 0 saturated heterocycles. The van der Waals surface area contributed by atoms with E-state index in [0.29, 0.717) is 11.9 Å². The molecule has 0 aliphatic heterocycles. The molecule has 120 valence electrons. The number of halogens is 1. The Balaban J connectivity index is 1.90. The number of benzene rings is 2. The molecule has 0 bridgehead atoms. The van der Waals surface area contributed by atoms with Crippen molar-refractivity contribution >= 4 is 24.9 Å². The van der Waals surface area contributed by atoms with Crippen LogP contribution >= 0.6 is 19.4 Å². The predicted octanol–water partition coefficient (Wildman–Crippen LogP) is 5.34. The third-order valence-corrected chi connectivity index (χ3v) is 5.27. The van der Waals surface area contributed by atoms with Crippen LogP contribution in [0.25, 0.3) is 0 Å². The Morgan fingerprint density at radius 1 is 1.09 bits per heavy atom. The van der Waals surface area contributed by atoms with E-state index in [1.807, 2.05) is 18.2 Å². The molecule has 0 aliphatic rings. The van der Waals surface area contributed by atoms with Crippen LogP contribution in [0, 0.1) is 0 Å². The number of rotatable bonds is 8. The molecule has 0 N–H and O–H groups in total. The van der Waals surface area contributed by atoms with Crippen LogP contribution in [0.1, 0.15) is 28.8 Å². The summed E-state index contributed by atoms with van der Waals surface area (Å²) >= 11 is 6.06. The van der Waals surface area contributed by atoms with Crippen LogP contribution in [0.5, 0.6) is 5.75 Å². The normalized spacial score (nSPS) is 11.1. The largest absolute Gasteiger partial charge is 0.496 e. The van der Waals surface area contributed by atoms with Crippen molar-refractivity contribution in [3.05, 3.63) is 64.7 Å². The zero-order chi connectivity index (χ0) is 16.7. The van der Waals surface area contributed by atoms with Gasteiger partial charge in [0.25, 0.3) is 0 Å². The monoisotopic (exact) mass is 349 g/mol. The Hall–Kier alpha value is -1.70. The Morgan fingerprint density at radius 3 is 2.52 bits per heavy atom. The summed E-state index contributed by atoms with van der Waals surface area (Å²) in [6, 6.07) is 15.1. The molecule has 0 aliphatic carbocycles. The van der Waals surface area contributed by atoms with Gasteiger partial charge in [-0.05, 0) is 37.0 Å². The van der Waals surface area contributed by atoms with E-state index in [-0.39, 0.29) is 10.6 Å². The average molecular weight is 350 g/mol. The lowest BCUT2D eigenvalue weighted by Gasteiger charge is -2.04. The van der Waals surface area contributed by atoms with E-state index in [2.05, 4.69) is 12.1 Å². The molecule has 23 heavy (non-hydrogen) atoms. The zero-order valence-corrected chi connectivity index (χ0v) is 14.6. The van der Waals surface area contributed by atoms with E-state index in [1.54, 1.807) is 18.2 Å². The molecule has 0 amide bonds. The summed E-state index contributed by atoms with van der Waals surface area (Å²) in [5.74, 6) is 0.370. The lowest BCUT2D eigenvalue weighted by Crippen LogP contribution is -2.01. The Morgan fingerprint density at radius 2 is 1.83 bits per heavy atom. The predicted molar refractivity (Wildman–Crippen MR) is 94.2 cm³/mol. The number of carbonyl (C=O) groups is 1. The second kappa shape index (κ2) is 8.81. The minimum atomic E-state index is -1.99. The Kier molecular flexibility index (Phi) is 6.76. The van der Waals surface area contributed by atoms with Gasteiger partial charge in [-0.2, -0.15) is 0 Å². The van der Waals surface area contributed by atoms with Gasteiger partial charge in [-0.1, -0.05) is 52.6 Å². The number of aryl methyl sites for hydroxylation is 1. The van der Waals surface area contributed by atoms with Crippen molar-refractivity contribution in [3.8, 4) is 5.75 Å². The first-order chi connectivity index (χ1) is 11.1. The molecule has 2 aromatic rings. The molecule has 0 saturated carbocycles. The van der Waals surface area contributed by atoms with Gasteiger partial charge in [-0.15, -0.1) is 0 Å². The first-order valence-corrected chi connectivity index (χ1v) is 9.31. The van der Waals surface area contributed by atoms with Gasteiger partial charge in [-0.3, -0.25) is 0 Å². The van der Waals surface area contributed by atoms with E-state index in [1.165, 1.54) is 12.7 Å². The minimum absolute atomic E-state index is 0.223. The first-order valence-electron chi connectivity index (χ1n) is 7.49. The van der Waals surface area contributed by atoms with Crippen LogP contribution in [0.15, 0.2) is 48.5 Å². The van der Waals surface area contributed by atoms with Gasteiger partial charge >= 0.3 is 13.3 Å². The molecule has 0 spiro atoms. The number of hydrogen-bond donors (Lipinski definition) is 0. The lowest BCUT2D eigenvalue weighted by molar-refractivity contribution is 0.107. The maximum absolute atomic E-state index is 12.4. The SMILES string of the molecule is COc1cccc(Cl)c1C(=O)[P+](=O)CCCCc1ccccc1. The summed E-state index contributed by atoms with van der Waals surface area (Å²) in [5, 5.41) is 0.280. The topological polar surface area (TPSA) is 43.4 Å².